The van der Waals surface area contributed by atoms with Gasteiger partial charge in [-0.3, -0.25) is 4.57 Å². The van der Waals surface area contributed by atoms with Crippen molar-refractivity contribution in [1.29, 1.82) is 0 Å². The number of fused-ring (bicyclic) bond motifs is 1. The topological polar surface area (TPSA) is 101 Å². The minimum absolute atomic E-state index is 0.00956. The fourth-order valence-corrected chi connectivity index (χ4v) is 2.69. The zero-order valence-corrected chi connectivity index (χ0v) is 11.3. The fraction of sp³-hybridized carbons (Fsp3) is 0.429. The largest absolute Gasteiger partial charge is 0.505 e. The molecule has 7 heteroatoms. The van der Waals surface area contributed by atoms with Crippen LogP contribution in [0, 0.1) is 18.3 Å². The van der Waals surface area contributed by atoms with Gasteiger partial charge in [0.15, 0.2) is 11.2 Å². The molecule has 0 bridgehead atoms. The molecule has 3 N–H and O–H groups in total. The van der Waals surface area contributed by atoms with E-state index in [1.54, 1.807) is 11.5 Å². The maximum atomic E-state index is 10.3. The summed E-state index contributed by atoms with van der Waals surface area (Å²) in [6, 6.07) is 1.44. The van der Waals surface area contributed by atoms with Gasteiger partial charge in [0, 0.05) is 18.2 Å². The Hall–Kier alpha value is -2.14. The van der Waals surface area contributed by atoms with Crippen molar-refractivity contribution in [3.8, 4) is 18.1 Å². The molecule has 3 rings (SSSR count). The van der Waals surface area contributed by atoms with E-state index in [4.69, 9.17) is 11.2 Å². The van der Waals surface area contributed by atoms with Gasteiger partial charge in [0.1, 0.15) is 23.6 Å². The summed E-state index contributed by atoms with van der Waals surface area (Å²) < 4.78 is 7.32. The van der Waals surface area contributed by atoms with Crippen LogP contribution in [0.2, 0.25) is 0 Å². The first-order valence-corrected chi connectivity index (χ1v) is 6.49. The SMILES string of the molecule is C#C[C@]1(CO)O[C@@H](n2cnc3c(O)ccnc32)[C@@H](C)[C@@H]1O. The van der Waals surface area contributed by atoms with E-state index in [-0.39, 0.29) is 11.7 Å². The quantitative estimate of drug-likeness (QED) is 0.674. The van der Waals surface area contributed by atoms with Crippen LogP contribution in [0.25, 0.3) is 11.2 Å². The molecule has 0 spiro atoms. The molecule has 1 aliphatic rings. The maximum Gasteiger partial charge on any atom is 0.179 e. The van der Waals surface area contributed by atoms with Crippen LogP contribution in [-0.2, 0) is 4.74 Å². The van der Waals surface area contributed by atoms with Gasteiger partial charge in [0.05, 0.1) is 12.9 Å². The molecular formula is C14H15N3O4. The zero-order valence-electron chi connectivity index (χ0n) is 11.3. The molecule has 0 saturated carbocycles. The molecule has 2 aromatic heterocycles. The molecule has 4 atom stereocenters. The lowest BCUT2D eigenvalue weighted by atomic mass is 9.92. The highest BCUT2D eigenvalue weighted by molar-refractivity contribution is 5.77. The molecule has 0 unspecified atom stereocenters. The van der Waals surface area contributed by atoms with Crippen LogP contribution in [-0.4, -0.2) is 48.2 Å². The molecule has 110 valence electrons. The van der Waals surface area contributed by atoms with Gasteiger partial charge >= 0.3 is 0 Å². The van der Waals surface area contributed by atoms with Crippen molar-refractivity contribution in [1.82, 2.24) is 14.5 Å². The molecule has 1 fully saturated rings. The molecule has 0 amide bonds. The summed E-state index contributed by atoms with van der Waals surface area (Å²) in [6.07, 6.45) is 6.67. The minimum Gasteiger partial charge on any atom is -0.505 e. The van der Waals surface area contributed by atoms with Gasteiger partial charge in [-0.2, -0.15) is 0 Å². The number of ether oxygens (including phenoxy) is 1. The second kappa shape index (κ2) is 4.70. The van der Waals surface area contributed by atoms with Crippen LogP contribution in [0.3, 0.4) is 0 Å². The summed E-state index contributed by atoms with van der Waals surface area (Å²) >= 11 is 0. The average molecular weight is 289 g/mol. The third-order valence-corrected chi connectivity index (χ3v) is 3.95. The molecule has 0 radical (unpaired) electrons. The summed E-state index contributed by atoms with van der Waals surface area (Å²) in [7, 11) is 0. The second-order valence-corrected chi connectivity index (χ2v) is 5.16. The zero-order chi connectivity index (χ0) is 15.2. The van der Waals surface area contributed by atoms with E-state index in [2.05, 4.69) is 15.9 Å². The standard InChI is InChI=1S/C14H15N3O4/c1-3-14(6-18)11(20)8(2)13(21-14)17-7-16-10-9(19)4-5-15-12(10)17/h1,4-5,7-8,11,13,18,20H,6H2,2H3,(H,15,19)/t8-,11-,13+,14+/m0/s1. The van der Waals surface area contributed by atoms with E-state index >= 15 is 0 Å². The van der Waals surface area contributed by atoms with Gasteiger partial charge < -0.3 is 20.1 Å². The van der Waals surface area contributed by atoms with E-state index in [1.807, 2.05) is 0 Å². The fourth-order valence-electron chi connectivity index (χ4n) is 2.69. The molecule has 1 aliphatic heterocycles. The van der Waals surface area contributed by atoms with Crippen molar-refractivity contribution in [3.05, 3.63) is 18.6 Å². The number of nitrogens with zero attached hydrogens (tertiary/aromatic N) is 3. The van der Waals surface area contributed by atoms with Gasteiger partial charge in [0.25, 0.3) is 0 Å². The third-order valence-electron chi connectivity index (χ3n) is 3.95. The number of aromatic nitrogens is 3. The lowest BCUT2D eigenvalue weighted by molar-refractivity contribution is -0.0896. The normalized spacial score (nSPS) is 32.4. The molecule has 7 nitrogen and oxygen atoms in total. The summed E-state index contributed by atoms with van der Waals surface area (Å²) in [5, 5.41) is 29.5. The predicted octanol–water partition coefficient (Wildman–Crippen LogP) is 0.0270. The van der Waals surface area contributed by atoms with E-state index in [1.165, 1.54) is 18.6 Å². The Morgan fingerprint density at radius 1 is 1.52 bits per heavy atom. The van der Waals surface area contributed by atoms with Crippen molar-refractivity contribution < 1.29 is 20.1 Å². The highest BCUT2D eigenvalue weighted by Crippen LogP contribution is 2.42. The Morgan fingerprint density at radius 3 is 2.90 bits per heavy atom. The Balaban J connectivity index is 2.08. The van der Waals surface area contributed by atoms with Gasteiger partial charge in [-0.05, 0) is 0 Å². The Labute approximate surface area is 120 Å². The van der Waals surface area contributed by atoms with Crippen molar-refractivity contribution in [3.63, 3.8) is 0 Å². The lowest BCUT2D eigenvalue weighted by Crippen LogP contribution is -2.43. The Kier molecular flexibility index (Phi) is 3.10. The number of terminal acetylenes is 1. The van der Waals surface area contributed by atoms with Crippen LogP contribution in [0.15, 0.2) is 18.6 Å². The highest BCUT2D eigenvalue weighted by atomic mass is 16.6. The highest BCUT2D eigenvalue weighted by Gasteiger charge is 2.52. The summed E-state index contributed by atoms with van der Waals surface area (Å²) in [5.74, 6) is 1.96. The maximum absolute atomic E-state index is 10.3. The smallest absolute Gasteiger partial charge is 0.179 e. The number of hydrogen-bond donors (Lipinski definition) is 3. The first-order valence-electron chi connectivity index (χ1n) is 6.49. The van der Waals surface area contributed by atoms with Gasteiger partial charge in [-0.15, -0.1) is 6.42 Å². The van der Waals surface area contributed by atoms with Crippen LogP contribution in [0.4, 0.5) is 0 Å². The Morgan fingerprint density at radius 2 is 2.29 bits per heavy atom. The van der Waals surface area contributed by atoms with Crippen molar-refractivity contribution in [2.24, 2.45) is 5.92 Å². The number of aromatic hydroxyl groups is 1. The van der Waals surface area contributed by atoms with E-state index in [9.17, 15) is 15.3 Å². The van der Waals surface area contributed by atoms with Gasteiger partial charge in [-0.25, -0.2) is 9.97 Å². The number of aliphatic hydroxyl groups is 2. The second-order valence-electron chi connectivity index (χ2n) is 5.16. The van der Waals surface area contributed by atoms with Gasteiger partial charge in [-0.1, -0.05) is 12.8 Å². The van der Waals surface area contributed by atoms with Crippen molar-refractivity contribution in [2.75, 3.05) is 6.61 Å². The van der Waals surface area contributed by atoms with Crippen molar-refractivity contribution >= 4 is 11.2 Å². The molecule has 0 aromatic carbocycles. The summed E-state index contributed by atoms with van der Waals surface area (Å²) in [5.41, 5.74) is -0.688. The van der Waals surface area contributed by atoms with Crippen LogP contribution in [0.5, 0.6) is 5.75 Å². The first-order chi connectivity index (χ1) is 10.0. The molecule has 21 heavy (non-hydrogen) atoms. The van der Waals surface area contributed by atoms with Crippen LogP contribution in [0.1, 0.15) is 13.2 Å². The third kappa shape index (κ3) is 1.81. The number of hydrogen-bond acceptors (Lipinski definition) is 6. The minimum atomic E-state index is -1.45. The monoisotopic (exact) mass is 289 g/mol. The van der Waals surface area contributed by atoms with Crippen LogP contribution >= 0.6 is 0 Å². The number of aliphatic hydroxyl groups excluding tert-OH is 2. The summed E-state index contributed by atoms with van der Waals surface area (Å²) in [4.78, 5) is 8.27. The Bertz CT molecular complexity index is 723. The van der Waals surface area contributed by atoms with E-state index in [0.717, 1.165) is 0 Å². The summed E-state index contributed by atoms with van der Waals surface area (Å²) in [6.45, 7) is 1.27. The molecular weight excluding hydrogens is 274 g/mol. The average Bonchev–Trinajstić information content (AvgIpc) is 3.02. The van der Waals surface area contributed by atoms with E-state index in [0.29, 0.717) is 11.2 Å². The molecule has 3 heterocycles. The van der Waals surface area contributed by atoms with Crippen LogP contribution < -0.4 is 0 Å². The number of rotatable bonds is 2. The molecule has 0 aliphatic carbocycles. The molecule has 2 aromatic rings. The predicted molar refractivity (Wildman–Crippen MR) is 73.1 cm³/mol. The molecule has 1 saturated heterocycles. The lowest BCUT2D eigenvalue weighted by Gasteiger charge is -2.23. The van der Waals surface area contributed by atoms with Crippen molar-refractivity contribution in [2.45, 2.75) is 24.9 Å². The van der Waals surface area contributed by atoms with E-state index < -0.39 is 24.5 Å². The van der Waals surface area contributed by atoms with Gasteiger partial charge in [0.2, 0.25) is 0 Å². The number of pyridine rings is 1. The first kappa shape index (κ1) is 13.8. The number of imidazole rings is 1.